The maximum Gasteiger partial charge on any atom is 0.293 e. The summed E-state index contributed by atoms with van der Waals surface area (Å²) in [6, 6.07) is 3.91. The molecule has 0 aliphatic carbocycles. The molecule has 0 bridgehead atoms. The predicted molar refractivity (Wildman–Crippen MR) is 108 cm³/mol. The fraction of sp³-hybridized carbons (Fsp3) is 0.316. The summed E-state index contributed by atoms with van der Waals surface area (Å²) in [6.45, 7) is 4.96. The SMILES string of the molecule is O=C(Nc1cnccc1N1CCNCC1)c1nc(N2Cc3ccncc3C2)n[nH]1. The molecular weight excluding hydrogens is 370 g/mol. The van der Waals surface area contributed by atoms with E-state index in [1.807, 2.05) is 23.2 Å². The van der Waals surface area contributed by atoms with Gasteiger partial charge in [-0.15, -0.1) is 5.10 Å². The van der Waals surface area contributed by atoms with Gasteiger partial charge in [-0.1, -0.05) is 0 Å². The molecule has 29 heavy (non-hydrogen) atoms. The maximum absolute atomic E-state index is 12.8. The topological polar surface area (TPSA) is 115 Å². The Morgan fingerprint density at radius 1 is 1.00 bits per heavy atom. The van der Waals surface area contributed by atoms with Gasteiger partial charge in [0.2, 0.25) is 11.8 Å². The number of aromatic nitrogens is 5. The number of carbonyl (C=O) groups is 1. The number of pyridine rings is 2. The van der Waals surface area contributed by atoms with Crippen LogP contribution in [0.15, 0.2) is 36.9 Å². The van der Waals surface area contributed by atoms with Gasteiger partial charge in [0.1, 0.15) is 0 Å². The molecule has 3 N–H and O–H groups in total. The molecule has 2 aliphatic heterocycles. The minimum absolute atomic E-state index is 0.171. The van der Waals surface area contributed by atoms with E-state index < -0.39 is 0 Å². The summed E-state index contributed by atoms with van der Waals surface area (Å²) < 4.78 is 0. The second kappa shape index (κ2) is 7.47. The number of aromatic amines is 1. The highest BCUT2D eigenvalue weighted by molar-refractivity contribution is 6.03. The number of fused-ring (bicyclic) bond motifs is 1. The van der Waals surface area contributed by atoms with Crippen molar-refractivity contribution in [1.82, 2.24) is 30.5 Å². The number of anilines is 3. The van der Waals surface area contributed by atoms with Crippen LogP contribution in [0.4, 0.5) is 17.3 Å². The molecule has 5 rings (SSSR count). The largest absolute Gasteiger partial charge is 0.367 e. The van der Waals surface area contributed by atoms with Crippen LogP contribution in [0, 0.1) is 0 Å². The fourth-order valence-electron chi connectivity index (χ4n) is 3.70. The number of H-pyrrole nitrogens is 1. The Morgan fingerprint density at radius 2 is 1.79 bits per heavy atom. The van der Waals surface area contributed by atoms with Crippen LogP contribution in [0.25, 0.3) is 0 Å². The van der Waals surface area contributed by atoms with E-state index >= 15 is 0 Å². The first kappa shape index (κ1) is 17.6. The molecule has 0 unspecified atom stereocenters. The number of rotatable bonds is 4. The zero-order valence-electron chi connectivity index (χ0n) is 15.8. The number of hydrogen-bond acceptors (Lipinski definition) is 8. The Balaban J connectivity index is 1.30. The second-order valence-electron chi connectivity index (χ2n) is 7.07. The lowest BCUT2D eigenvalue weighted by Crippen LogP contribution is -2.43. The molecule has 0 spiro atoms. The van der Waals surface area contributed by atoms with Gasteiger partial charge in [0.15, 0.2) is 0 Å². The monoisotopic (exact) mass is 391 g/mol. The van der Waals surface area contributed by atoms with Crippen LogP contribution in [0.2, 0.25) is 0 Å². The average molecular weight is 391 g/mol. The third-order valence-electron chi connectivity index (χ3n) is 5.20. The zero-order chi connectivity index (χ0) is 19.6. The Labute approximate surface area is 167 Å². The Hall–Kier alpha value is -3.53. The molecule has 0 saturated carbocycles. The van der Waals surface area contributed by atoms with Crippen LogP contribution in [-0.2, 0) is 13.1 Å². The van der Waals surface area contributed by atoms with E-state index in [4.69, 9.17) is 0 Å². The van der Waals surface area contributed by atoms with E-state index in [9.17, 15) is 4.79 Å². The quantitative estimate of drug-likeness (QED) is 0.598. The molecule has 1 amide bonds. The van der Waals surface area contributed by atoms with Crippen LogP contribution in [-0.4, -0.2) is 57.2 Å². The predicted octanol–water partition coefficient (Wildman–Crippen LogP) is 0.777. The van der Waals surface area contributed by atoms with Crippen molar-refractivity contribution < 1.29 is 4.79 Å². The molecular formula is C19H21N9O. The number of hydrogen-bond donors (Lipinski definition) is 3. The summed E-state index contributed by atoms with van der Waals surface area (Å²) in [7, 11) is 0. The van der Waals surface area contributed by atoms with Gasteiger partial charge in [0, 0.05) is 57.9 Å². The molecule has 2 aliphatic rings. The van der Waals surface area contributed by atoms with Crippen LogP contribution in [0.1, 0.15) is 21.7 Å². The van der Waals surface area contributed by atoms with Crippen LogP contribution >= 0.6 is 0 Å². The molecule has 10 heteroatoms. The van der Waals surface area contributed by atoms with Crippen molar-refractivity contribution in [1.29, 1.82) is 0 Å². The molecule has 0 aromatic carbocycles. The average Bonchev–Trinajstić information content (AvgIpc) is 3.42. The fourth-order valence-corrected chi connectivity index (χ4v) is 3.70. The van der Waals surface area contributed by atoms with Crippen molar-refractivity contribution in [2.75, 3.05) is 41.3 Å². The van der Waals surface area contributed by atoms with Gasteiger partial charge in [0.05, 0.1) is 17.6 Å². The van der Waals surface area contributed by atoms with E-state index in [0.717, 1.165) is 37.4 Å². The van der Waals surface area contributed by atoms with Gasteiger partial charge in [-0.2, -0.15) is 4.98 Å². The first-order valence-electron chi connectivity index (χ1n) is 9.58. The maximum atomic E-state index is 12.8. The first-order chi connectivity index (χ1) is 14.3. The molecule has 10 nitrogen and oxygen atoms in total. The molecule has 0 atom stereocenters. The number of amides is 1. The third kappa shape index (κ3) is 3.49. The highest BCUT2D eigenvalue weighted by Crippen LogP contribution is 2.26. The van der Waals surface area contributed by atoms with E-state index in [2.05, 4.69) is 40.7 Å². The smallest absolute Gasteiger partial charge is 0.293 e. The Kier molecular flexibility index (Phi) is 4.53. The summed E-state index contributed by atoms with van der Waals surface area (Å²) in [5, 5.41) is 13.2. The minimum atomic E-state index is -0.341. The third-order valence-corrected chi connectivity index (χ3v) is 5.20. The van der Waals surface area contributed by atoms with Crippen molar-refractivity contribution in [3.05, 3.63) is 53.9 Å². The van der Waals surface area contributed by atoms with Crippen LogP contribution in [0.3, 0.4) is 0 Å². The lowest BCUT2D eigenvalue weighted by Gasteiger charge is -2.30. The van der Waals surface area contributed by atoms with Crippen molar-refractivity contribution in [3.63, 3.8) is 0 Å². The summed E-state index contributed by atoms with van der Waals surface area (Å²) >= 11 is 0. The standard InChI is InChI=1S/C19H21N9O/c29-18(23-15-10-22-4-2-16(15)27-7-5-20-6-8-27)17-24-19(26-25-17)28-11-13-1-3-21-9-14(13)12-28/h1-4,9-10,20H,5-8,11-12H2,(H,23,29)(H,24,25,26). The molecule has 1 fully saturated rings. The highest BCUT2D eigenvalue weighted by Gasteiger charge is 2.24. The van der Waals surface area contributed by atoms with Gasteiger partial charge in [-0.3, -0.25) is 19.9 Å². The van der Waals surface area contributed by atoms with E-state index in [1.54, 1.807) is 18.6 Å². The van der Waals surface area contributed by atoms with Crippen molar-refractivity contribution in [2.45, 2.75) is 13.1 Å². The number of carbonyl (C=O) groups excluding carboxylic acids is 1. The minimum Gasteiger partial charge on any atom is -0.367 e. The summed E-state index contributed by atoms with van der Waals surface area (Å²) in [6.07, 6.45) is 7.04. The van der Waals surface area contributed by atoms with Crippen molar-refractivity contribution >= 4 is 23.2 Å². The molecule has 3 aromatic heterocycles. The number of nitrogens with zero attached hydrogens (tertiary/aromatic N) is 6. The van der Waals surface area contributed by atoms with Gasteiger partial charge in [0.25, 0.3) is 5.91 Å². The summed E-state index contributed by atoms with van der Waals surface area (Å²) in [5.74, 6) is 0.329. The van der Waals surface area contributed by atoms with Crippen LogP contribution < -0.4 is 20.4 Å². The van der Waals surface area contributed by atoms with Gasteiger partial charge >= 0.3 is 0 Å². The molecule has 1 saturated heterocycles. The van der Waals surface area contributed by atoms with E-state index in [0.29, 0.717) is 24.7 Å². The first-order valence-corrected chi connectivity index (χ1v) is 9.58. The van der Waals surface area contributed by atoms with Gasteiger partial charge < -0.3 is 20.4 Å². The van der Waals surface area contributed by atoms with Crippen LogP contribution in [0.5, 0.6) is 0 Å². The summed E-state index contributed by atoms with van der Waals surface area (Å²) in [5.41, 5.74) is 3.97. The summed E-state index contributed by atoms with van der Waals surface area (Å²) in [4.78, 5) is 29.7. The Bertz CT molecular complexity index is 1000. The van der Waals surface area contributed by atoms with Crippen molar-refractivity contribution in [3.8, 4) is 0 Å². The van der Waals surface area contributed by atoms with Gasteiger partial charge in [-0.05, 0) is 23.3 Å². The van der Waals surface area contributed by atoms with Gasteiger partial charge in [-0.25, -0.2) is 0 Å². The molecule has 5 heterocycles. The van der Waals surface area contributed by atoms with E-state index in [-0.39, 0.29) is 11.7 Å². The number of piperazine rings is 1. The number of nitrogens with one attached hydrogen (secondary N) is 3. The normalized spacial score (nSPS) is 16.0. The van der Waals surface area contributed by atoms with E-state index in [1.165, 1.54) is 5.56 Å². The molecule has 0 radical (unpaired) electrons. The second-order valence-corrected chi connectivity index (χ2v) is 7.07. The lowest BCUT2D eigenvalue weighted by atomic mass is 10.2. The highest BCUT2D eigenvalue weighted by atomic mass is 16.2. The Morgan fingerprint density at radius 3 is 2.66 bits per heavy atom. The van der Waals surface area contributed by atoms with Crippen molar-refractivity contribution in [2.24, 2.45) is 0 Å². The molecule has 3 aromatic rings. The molecule has 148 valence electrons. The zero-order valence-corrected chi connectivity index (χ0v) is 15.8. The lowest BCUT2D eigenvalue weighted by molar-refractivity contribution is 0.101.